The van der Waals surface area contributed by atoms with E-state index in [2.05, 4.69) is 0 Å². The molecule has 1 amide bonds. The van der Waals surface area contributed by atoms with Crippen molar-refractivity contribution in [3.8, 4) is 0 Å². The van der Waals surface area contributed by atoms with Gasteiger partial charge in [-0.3, -0.25) is 14.5 Å². The lowest BCUT2D eigenvalue weighted by Crippen LogP contribution is -2.41. The van der Waals surface area contributed by atoms with Crippen molar-refractivity contribution in [2.45, 2.75) is 45.4 Å². The Balaban J connectivity index is 1.92. The molecule has 1 aliphatic heterocycles. The topological polar surface area (TPSA) is 37.4 Å². The summed E-state index contributed by atoms with van der Waals surface area (Å²) in [6, 6.07) is 13.5. The number of allylic oxidation sites excluding steroid dienone is 2. The van der Waals surface area contributed by atoms with Crippen LogP contribution in [0.2, 0.25) is 5.02 Å². The fourth-order valence-electron chi connectivity index (χ4n) is 4.27. The van der Waals surface area contributed by atoms with E-state index in [0.717, 1.165) is 46.5 Å². The van der Waals surface area contributed by atoms with Crippen molar-refractivity contribution in [3.05, 3.63) is 75.4 Å². The van der Waals surface area contributed by atoms with Gasteiger partial charge >= 0.3 is 0 Å². The third-order valence-electron chi connectivity index (χ3n) is 5.77. The quantitative estimate of drug-likeness (QED) is 0.692. The molecule has 0 saturated carbocycles. The molecule has 1 atom stereocenters. The Bertz CT molecular complexity index is 976. The molecule has 0 saturated heterocycles. The van der Waals surface area contributed by atoms with Gasteiger partial charge < -0.3 is 0 Å². The van der Waals surface area contributed by atoms with E-state index in [1.807, 2.05) is 56.3 Å². The second-order valence-corrected chi connectivity index (χ2v) is 7.77. The molecule has 0 fully saturated rings. The van der Waals surface area contributed by atoms with Gasteiger partial charge in [-0.1, -0.05) is 41.9 Å². The normalized spacial score (nSPS) is 20.1. The predicted octanol–water partition coefficient (Wildman–Crippen LogP) is 5.48. The zero-order chi connectivity index (χ0) is 19.1. The minimum atomic E-state index is -0.254. The van der Waals surface area contributed by atoms with E-state index >= 15 is 0 Å². The van der Waals surface area contributed by atoms with Crippen LogP contribution in [0.3, 0.4) is 0 Å². The van der Waals surface area contributed by atoms with Crippen LogP contribution < -0.4 is 4.90 Å². The number of aryl methyl sites for hydroxylation is 1. The highest BCUT2D eigenvalue weighted by molar-refractivity contribution is 6.31. The smallest absolute Gasteiger partial charge is 0.232 e. The van der Waals surface area contributed by atoms with Crippen LogP contribution in [-0.4, -0.2) is 11.7 Å². The number of hydrogen-bond donors (Lipinski definition) is 0. The summed E-state index contributed by atoms with van der Waals surface area (Å²) < 4.78 is 0. The maximum Gasteiger partial charge on any atom is 0.232 e. The van der Waals surface area contributed by atoms with Crippen LogP contribution in [0.25, 0.3) is 0 Å². The molecule has 0 bridgehead atoms. The highest BCUT2D eigenvalue weighted by Crippen LogP contribution is 2.45. The first kappa shape index (κ1) is 18.0. The van der Waals surface area contributed by atoms with Crippen molar-refractivity contribution in [1.29, 1.82) is 0 Å². The van der Waals surface area contributed by atoms with Crippen molar-refractivity contribution in [2.24, 2.45) is 0 Å². The number of nitrogens with zero attached hydrogens (tertiary/aromatic N) is 1. The van der Waals surface area contributed by atoms with E-state index in [0.29, 0.717) is 11.4 Å². The van der Waals surface area contributed by atoms with Gasteiger partial charge in [0.05, 0.1) is 5.69 Å². The van der Waals surface area contributed by atoms with E-state index in [9.17, 15) is 9.59 Å². The highest BCUT2D eigenvalue weighted by Gasteiger charge is 2.40. The fraction of sp³-hybridized carbons (Fsp3) is 0.304. The molecular weight excluding hydrogens is 358 g/mol. The summed E-state index contributed by atoms with van der Waals surface area (Å²) in [6.45, 7) is 4.07. The lowest BCUT2D eigenvalue weighted by molar-refractivity contribution is -0.119. The molecule has 2 aromatic rings. The SMILES string of the molecule is Cc1cccc(N2C(=O)CC(c3ccccc3Cl)C3=C2CCCC3=O)c1C. The fourth-order valence-corrected chi connectivity index (χ4v) is 4.54. The third-order valence-corrected chi connectivity index (χ3v) is 6.12. The van der Waals surface area contributed by atoms with E-state index in [4.69, 9.17) is 11.6 Å². The Morgan fingerprint density at radius 2 is 1.78 bits per heavy atom. The largest absolute Gasteiger partial charge is 0.294 e. The molecule has 0 N–H and O–H groups in total. The van der Waals surface area contributed by atoms with Crippen LogP contribution in [0.4, 0.5) is 5.69 Å². The molecule has 0 spiro atoms. The highest BCUT2D eigenvalue weighted by atomic mass is 35.5. The summed E-state index contributed by atoms with van der Waals surface area (Å²) >= 11 is 6.42. The molecule has 4 heteroatoms. The zero-order valence-electron chi connectivity index (χ0n) is 15.6. The van der Waals surface area contributed by atoms with E-state index in [1.165, 1.54) is 0 Å². The minimum Gasteiger partial charge on any atom is -0.294 e. The van der Waals surface area contributed by atoms with Gasteiger partial charge in [-0.2, -0.15) is 0 Å². The monoisotopic (exact) mass is 379 g/mol. The summed E-state index contributed by atoms with van der Waals surface area (Å²) in [4.78, 5) is 28.0. The van der Waals surface area contributed by atoms with E-state index in [1.54, 1.807) is 4.90 Å². The van der Waals surface area contributed by atoms with E-state index in [-0.39, 0.29) is 24.0 Å². The van der Waals surface area contributed by atoms with Crippen LogP contribution in [0.15, 0.2) is 53.7 Å². The number of amides is 1. The van der Waals surface area contributed by atoms with Gasteiger partial charge in [0.25, 0.3) is 0 Å². The van der Waals surface area contributed by atoms with Crippen LogP contribution in [0.1, 0.15) is 48.3 Å². The average Bonchev–Trinajstić information content (AvgIpc) is 2.65. The Labute approximate surface area is 164 Å². The third kappa shape index (κ3) is 3.00. The Kier molecular flexibility index (Phi) is 4.65. The molecule has 1 heterocycles. The summed E-state index contributed by atoms with van der Waals surface area (Å²) in [5, 5.41) is 0.612. The molecule has 3 nitrogen and oxygen atoms in total. The summed E-state index contributed by atoms with van der Waals surface area (Å²) in [5.41, 5.74) is 5.61. The molecule has 1 aliphatic carbocycles. The van der Waals surface area contributed by atoms with E-state index < -0.39 is 0 Å². The van der Waals surface area contributed by atoms with Gasteiger partial charge in [0.2, 0.25) is 5.91 Å². The van der Waals surface area contributed by atoms with Crippen LogP contribution in [-0.2, 0) is 9.59 Å². The summed E-state index contributed by atoms with van der Waals surface area (Å²) in [5.74, 6) is -0.0820. The molecule has 2 aliphatic rings. The second kappa shape index (κ2) is 6.97. The molecule has 4 rings (SSSR count). The minimum absolute atomic E-state index is 0.0297. The lowest BCUT2D eigenvalue weighted by Gasteiger charge is -2.39. The molecule has 1 unspecified atom stereocenters. The van der Waals surface area contributed by atoms with Crippen molar-refractivity contribution in [3.63, 3.8) is 0 Å². The molecule has 27 heavy (non-hydrogen) atoms. The number of benzene rings is 2. The predicted molar refractivity (Wildman–Crippen MR) is 108 cm³/mol. The van der Waals surface area contributed by atoms with Gasteiger partial charge in [-0.15, -0.1) is 0 Å². The molecule has 0 radical (unpaired) electrons. The van der Waals surface area contributed by atoms with Gasteiger partial charge in [0.15, 0.2) is 5.78 Å². The number of carbonyl (C=O) groups excluding carboxylic acids is 2. The number of ketones is 1. The number of carbonyl (C=O) groups is 2. The molecule has 2 aromatic carbocycles. The number of halogens is 1. The van der Waals surface area contributed by atoms with Gasteiger partial charge in [-0.25, -0.2) is 0 Å². The van der Waals surface area contributed by atoms with Crippen molar-refractivity contribution in [1.82, 2.24) is 0 Å². The average molecular weight is 380 g/mol. The number of Topliss-reactive ketones (excluding diaryl/α,β-unsaturated/α-hetero) is 1. The number of anilines is 1. The summed E-state index contributed by atoms with van der Waals surface area (Å²) in [6.07, 6.45) is 2.32. The Hall–Kier alpha value is -2.39. The van der Waals surface area contributed by atoms with Crippen LogP contribution in [0, 0.1) is 13.8 Å². The number of rotatable bonds is 2. The summed E-state index contributed by atoms with van der Waals surface area (Å²) in [7, 11) is 0. The second-order valence-electron chi connectivity index (χ2n) is 7.36. The van der Waals surface area contributed by atoms with Crippen LogP contribution >= 0.6 is 11.6 Å². The van der Waals surface area contributed by atoms with Crippen molar-refractivity contribution < 1.29 is 9.59 Å². The molecule has 0 aromatic heterocycles. The van der Waals surface area contributed by atoms with Crippen molar-refractivity contribution >= 4 is 29.0 Å². The Morgan fingerprint density at radius 1 is 1.00 bits per heavy atom. The van der Waals surface area contributed by atoms with Crippen LogP contribution in [0.5, 0.6) is 0 Å². The molecular formula is C23H22ClNO2. The number of hydrogen-bond acceptors (Lipinski definition) is 2. The first-order chi connectivity index (χ1) is 13.0. The Morgan fingerprint density at radius 3 is 2.56 bits per heavy atom. The maximum atomic E-state index is 13.3. The maximum absolute atomic E-state index is 13.3. The van der Waals surface area contributed by atoms with Gasteiger partial charge in [-0.05, 0) is 55.5 Å². The van der Waals surface area contributed by atoms with Crippen molar-refractivity contribution in [2.75, 3.05) is 4.90 Å². The molecule has 138 valence electrons. The zero-order valence-corrected chi connectivity index (χ0v) is 16.3. The standard InChI is InChI=1S/C23H22ClNO2/c1-14-7-5-10-19(15(14)2)25-20-11-6-12-21(26)23(20)17(13-22(25)27)16-8-3-4-9-18(16)24/h3-5,7-10,17H,6,11-13H2,1-2H3. The van der Waals surface area contributed by atoms with Gasteiger partial charge in [0, 0.05) is 35.1 Å². The van der Waals surface area contributed by atoms with Gasteiger partial charge in [0.1, 0.15) is 0 Å². The lowest BCUT2D eigenvalue weighted by atomic mass is 9.77. The first-order valence-corrected chi connectivity index (χ1v) is 9.76. The first-order valence-electron chi connectivity index (χ1n) is 9.39.